The van der Waals surface area contributed by atoms with E-state index in [0.717, 1.165) is 0 Å². The number of hydrogen-bond acceptors (Lipinski definition) is 7. The summed E-state index contributed by atoms with van der Waals surface area (Å²) in [6.07, 6.45) is 3.12. The molecule has 0 spiro atoms. The first-order chi connectivity index (χ1) is 9.25. The van der Waals surface area contributed by atoms with E-state index >= 15 is 0 Å². The molecule has 1 aromatic carbocycles. The molecule has 94 valence electrons. The number of phenolic OH excluding ortho intramolecular Hbond substituents is 2. The summed E-state index contributed by atoms with van der Waals surface area (Å²) in [5.41, 5.74) is 0.245. The molecule has 0 bridgehead atoms. The summed E-state index contributed by atoms with van der Waals surface area (Å²) in [4.78, 5) is 12.1. The van der Waals surface area contributed by atoms with E-state index in [1.165, 1.54) is 6.07 Å². The van der Waals surface area contributed by atoms with Gasteiger partial charge in [-0.1, -0.05) is 11.2 Å². The summed E-state index contributed by atoms with van der Waals surface area (Å²) < 4.78 is 5.03. The molecule has 0 saturated carbocycles. The number of para-hydroxylation sites is 1. The molecule has 3 rings (SSSR count). The number of phenols is 2. The molecule has 0 fully saturated rings. The monoisotopic (exact) mass is 256 g/mol. The molecule has 0 unspecified atom stereocenters. The zero-order valence-electron chi connectivity index (χ0n) is 9.56. The van der Waals surface area contributed by atoms with Gasteiger partial charge in [0.15, 0.2) is 11.5 Å². The fourth-order valence-corrected chi connectivity index (χ4v) is 1.54. The van der Waals surface area contributed by atoms with Crippen LogP contribution < -0.4 is 0 Å². The molecule has 7 nitrogen and oxygen atoms in total. The molecule has 3 aromatic rings. The van der Waals surface area contributed by atoms with E-state index < -0.39 is 0 Å². The molecule has 0 saturated heterocycles. The summed E-state index contributed by atoms with van der Waals surface area (Å²) >= 11 is 0. The highest BCUT2D eigenvalue weighted by Crippen LogP contribution is 2.35. The number of aromatic hydroxyl groups is 2. The summed E-state index contributed by atoms with van der Waals surface area (Å²) in [7, 11) is 0. The van der Waals surface area contributed by atoms with Crippen molar-refractivity contribution in [3.05, 3.63) is 36.7 Å². The molecule has 0 aliphatic rings. The molecule has 2 N–H and O–H groups in total. The second-order valence-electron chi connectivity index (χ2n) is 3.67. The van der Waals surface area contributed by atoms with Crippen LogP contribution in [0.5, 0.6) is 11.5 Å². The highest BCUT2D eigenvalue weighted by Gasteiger charge is 2.16. The van der Waals surface area contributed by atoms with Crippen molar-refractivity contribution in [3.63, 3.8) is 0 Å². The normalized spacial score (nSPS) is 10.5. The van der Waals surface area contributed by atoms with Gasteiger partial charge in [0.05, 0.1) is 5.56 Å². The van der Waals surface area contributed by atoms with Gasteiger partial charge in [0.25, 0.3) is 5.89 Å². The standard InChI is InChI=1S/C12H8N4O3/c17-8-4-1-3-7(9(8)18)12-15-11(16-19-12)10-13-5-2-6-14-10/h1-6,17-18H. The van der Waals surface area contributed by atoms with Gasteiger partial charge in [0.1, 0.15) is 0 Å². The summed E-state index contributed by atoms with van der Waals surface area (Å²) in [5, 5.41) is 22.9. The van der Waals surface area contributed by atoms with Gasteiger partial charge in [-0.3, -0.25) is 0 Å². The van der Waals surface area contributed by atoms with Crippen molar-refractivity contribution in [1.82, 2.24) is 20.1 Å². The van der Waals surface area contributed by atoms with E-state index in [1.54, 1.807) is 30.6 Å². The van der Waals surface area contributed by atoms with Crippen molar-refractivity contribution in [2.24, 2.45) is 0 Å². The van der Waals surface area contributed by atoms with Gasteiger partial charge in [-0.15, -0.1) is 0 Å². The number of rotatable bonds is 2. The third kappa shape index (κ3) is 1.97. The lowest BCUT2D eigenvalue weighted by molar-refractivity contribution is 0.397. The van der Waals surface area contributed by atoms with Crippen LogP contribution in [0, 0.1) is 0 Å². The zero-order chi connectivity index (χ0) is 13.2. The van der Waals surface area contributed by atoms with Crippen LogP contribution in [0.3, 0.4) is 0 Å². The van der Waals surface area contributed by atoms with Crippen LogP contribution in [0.15, 0.2) is 41.2 Å². The lowest BCUT2D eigenvalue weighted by Gasteiger charge is -2.00. The Labute approximate surface area is 107 Å². The Morgan fingerprint density at radius 2 is 1.74 bits per heavy atom. The molecule has 0 radical (unpaired) electrons. The molecule has 2 aromatic heterocycles. The molecule has 0 aliphatic heterocycles. The number of nitrogens with zero attached hydrogens (tertiary/aromatic N) is 4. The number of hydrogen-bond donors (Lipinski definition) is 2. The number of benzene rings is 1. The topological polar surface area (TPSA) is 105 Å². The first kappa shape index (κ1) is 11.1. The molecular weight excluding hydrogens is 248 g/mol. The molecule has 19 heavy (non-hydrogen) atoms. The van der Waals surface area contributed by atoms with Gasteiger partial charge in [0.2, 0.25) is 11.6 Å². The van der Waals surface area contributed by atoms with E-state index in [4.69, 9.17) is 4.52 Å². The van der Waals surface area contributed by atoms with Gasteiger partial charge in [-0.05, 0) is 18.2 Å². The molecule has 7 heteroatoms. The lowest BCUT2D eigenvalue weighted by Crippen LogP contribution is -1.88. The average molecular weight is 256 g/mol. The Bertz CT molecular complexity index is 712. The molecular formula is C12H8N4O3. The van der Waals surface area contributed by atoms with Crippen LogP contribution >= 0.6 is 0 Å². The third-order valence-electron chi connectivity index (χ3n) is 2.44. The van der Waals surface area contributed by atoms with E-state index in [9.17, 15) is 10.2 Å². The Hall–Kier alpha value is -2.96. The van der Waals surface area contributed by atoms with Crippen molar-refractivity contribution in [2.45, 2.75) is 0 Å². The Kier molecular flexibility index (Phi) is 2.57. The minimum Gasteiger partial charge on any atom is -0.504 e. The smallest absolute Gasteiger partial charge is 0.262 e. The van der Waals surface area contributed by atoms with Gasteiger partial charge >= 0.3 is 0 Å². The summed E-state index contributed by atoms with van der Waals surface area (Å²) in [5.74, 6) is 0.0335. The van der Waals surface area contributed by atoms with Crippen molar-refractivity contribution >= 4 is 0 Å². The third-order valence-corrected chi connectivity index (χ3v) is 2.44. The maximum absolute atomic E-state index is 9.72. The Morgan fingerprint density at radius 1 is 0.947 bits per heavy atom. The summed E-state index contributed by atoms with van der Waals surface area (Å²) in [6, 6.07) is 6.15. The van der Waals surface area contributed by atoms with Crippen LogP contribution in [-0.4, -0.2) is 30.3 Å². The Balaban J connectivity index is 2.05. The van der Waals surface area contributed by atoms with Gasteiger partial charge in [-0.2, -0.15) is 4.98 Å². The quantitative estimate of drug-likeness (QED) is 0.671. The average Bonchev–Trinajstić information content (AvgIpc) is 2.92. The molecule has 0 atom stereocenters. The fraction of sp³-hybridized carbons (Fsp3) is 0. The van der Waals surface area contributed by atoms with Gasteiger partial charge in [-0.25, -0.2) is 9.97 Å². The van der Waals surface area contributed by atoms with Crippen LogP contribution in [-0.2, 0) is 0 Å². The van der Waals surface area contributed by atoms with E-state index in [1.807, 2.05) is 0 Å². The maximum Gasteiger partial charge on any atom is 0.262 e. The van der Waals surface area contributed by atoms with Crippen LogP contribution in [0.2, 0.25) is 0 Å². The predicted molar refractivity (Wildman–Crippen MR) is 64.1 cm³/mol. The fourth-order valence-electron chi connectivity index (χ4n) is 1.54. The second-order valence-corrected chi connectivity index (χ2v) is 3.67. The van der Waals surface area contributed by atoms with Crippen molar-refractivity contribution in [3.8, 4) is 34.6 Å². The maximum atomic E-state index is 9.72. The first-order valence-electron chi connectivity index (χ1n) is 5.38. The van der Waals surface area contributed by atoms with Crippen LogP contribution in [0.25, 0.3) is 23.1 Å². The van der Waals surface area contributed by atoms with E-state index in [2.05, 4.69) is 20.1 Å². The molecule has 0 aliphatic carbocycles. The van der Waals surface area contributed by atoms with E-state index in [-0.39, 0.29) is 28.8 Å². The lowest BCUT2D eigenvalue weighted by atomic mass is 10.2. The Morgan fingerprint density at radius 3 is 2.53 bits per heavy atom. The van der Waals surface area contributed by atoms with Gasteiger partial charge in [0, 0.05) is 12.4 Å². The van der Waals surface area contributed by atoms with Crippen molar-refractivity contribution < 1.29 is 14.7 Å². The predicted octanol–water partition coefficient (Wildman–Crippen LogP) is 1.60. The second kappa shape index (κ2) is 4.37. The van der Waals surface area contributed by atoms with E-state index in [0.29, 0.717) is 5.82 Å². The SMILES string of the molecule is Oc1cccc(-c2nc(-c3ncccn3)no2)c1O. The molecule has 2 heterocycles. The zero-order valence-corrected chi connectivity index (χ0v) is 9.56. The highest BCUT2D eigenvalue weighted by atomic mass is 16.5. The minimum atomic E-state index is -0.313. The van der Waals surface area contributed by atoms with Crippen molar-refractivity contribution in [2.75, 3.05) is 0 Å². The van der Waals surface area contributed by atoms with Crippen molar-refractivity contribution in [1.29, 1.82) is 0 Å². The number of aromatic nitrogens is 4. The van der Waals surface area contributed by atoms with Crippen LogP contribution in [0.1, 0.15) is 0 Å². The largest absolute Gasteiger partial charge is 0.504 e. The first-order valence-corrected chi connectivity index (χ1v) is 5.38. The minimum absolute atomic E-state index is 0.0795. The van der Waals surface area contributed by atoms with Crippen LogP contribution in [0.4, 0.5) is 0 Å². The summed E-state index contributed by atoms with van der Waals surface area (Å²) in [6.45, 7) is 0. The highest BCUT2D eigenvalue weighted by molar-refractivity contribution is 5.67. The molecule has 0 amide bonds. The van der Waals surface area contributed by atoms with Gasteiger partial charge < -0.3 is 14.7 Å².